The van der Waals surface area contributed by atoms with Gasteiger partial charge in [-0.3, -0.25) is 4.79 Å². The molecule has 0 unspecified atom stereocenters. The van der Waals surface area contributed by atoms with Crippen LogP contribution in [0.25, 0.3) is 10.9 Å². The zero-order valence-electron chi connectivity index (χ0n) is 10.2. The zero-order chi connectivity index (χ0) is 12.4. The SMILES string of the molecule is CC(C)Cn1ccc2c(CC(=O)O)cccc21. The molecule has 0 atom stereocenters. The third-order valence-electron chi connectivity index (χ3n) is 2.81. The Morgan fingerprint density at radius 2 is 2.12 bits per heavy atom. The molecule has 0 fully saturated rings. The Hall–Kier alpha value is -1.77. The number of nitrogens with zero attached hydrogens (tertiary/aromatic N) is 1. The molecule has 1 aromatic heterocycles. The fourth-order valence-corrected chi connectivity index (χ4v) is 2.16. The predicted octanol–water partition coefficient (Wildman–Crippen LogP) is 2.92. The van der Waals surface area contributed by atoms with Crippen LogP contribution < -0.4 is 0 Å². The van der Waals surface area contributed by atoms with Gasteiger partial charge in [0.1, 0.15) is 0 Å². The van der Waals surface area contributed by atoms with Gasteiger partial charge in [-0.15, -0.1) is 0 Å². The topological polar surface area (TPSA) is 42.2 Å². The van der Waals surface area contributed by atoms with Crippen molar-refractivity contribution in [3.8, 4) is 0 Å². The maximum Gasteiger partial charge on any atom is 0.307 e. The van der Waals surface area contributed by atoms with E-state index in [1.165, 1.54) is 0 Å². The Kier molecular flexibility index (Phi) is 3.18. The Morgan fingerprint density at radius 1 is 1.35 bits per heavy atom. The minimum Gasteiger partial charge on any atom is -0.481 e. The summed E-state index contributed by atoms with van der Waals surface area (Å²) in [5.74, 6) is -0.206. The lowest BCUT2D eigenvalue weighted by Crippen LogP contribution is -2.03. The average molecular weight is 231 g/mol. The van der Waals surface area contributed by atoms with E-state index in [-0.39, 0.29) is 6.42 Å². The Balaban J connectivity index is 2.45. The number of rotatable bonds is 4. The first kappa shape index (κ1) is 11.7. The van der Waals surface area contributed by atoms with E-state index in [9.17, 15) is 4.79 Å². The first-order valence-corrected chi connectivity index (χ1v) is 5.86. The van der Waals surface area contributed by atoms with E-state index in [1.807, 2.05) is 30.5 Å². The van der Waals surface area contributed by atoms with Gasteiger partial charge < -0.3 is 9.67 Å². The summed E-state index contributed by atoms with van der Waals surface area (Å²) in [5, 5.41) is 9.92. The van der Waals surface area contributed by atoms with E-state index in [0.29, 0.717) is 5.92 Å². The molecule has 0 amide bonds. The quantitative estimate of drug-likeness (QED) is 0.879. The van der Waals surface area contributed by atoms with Crippen molar-refractivity contribution in [3.63, 3.8) is 0 Å². The smallest absolute Gasteiger partial charge is 0.307 e. The summed E-state index contributed by atoms with van der Waals surface area (Å²) in [6.07, 6.45) is 2.12. The number of fused-ring (bicyclic) bond motifs is 1. The molecule has 0 aliphatic carbocycles. The first-order chi connectivity index (χ1) is 8.08. The lowest BCUT2D eigenvalue weighted by atomic mass is 10.1. The van der Waals surface area contributed by atoms with Crippen molar-refractivity contribution in [1.82, 2.24) is 4.57 Å². The van der Waals surface area contributed by atoms with Crippen LogP contribution >= 0.6 is 0 Å². The van der Waals surface area contributed by atoms with Gasteiger partial charge in [0.05, 0.1) is 6.42 Å². The molecule has 0 radical (unpaired) electrons. The lowest BCUT2D eigenvalue weighted by molar-refractivity contribution is -0.136. The van der Waals surface area contributed by atoms with E-state index in [4.69, 9.17) is 5.11 Å². The highest BCUT2D eigenvalue weighted by atomic mass is 16.4. The molecule has 0 spiro atoms. The van der Waals surface area contributed by atoms with Crippen molar-refractivity contribution in [2.75, 3.05) is 0 Å². The average Bonchev–Trinajstić information content (AvgIpc) is 2.61. The van der Waals surface area contributed by atoms with E-state index in [0.717, 1.165) is 23.0 Å². The van der Waals surface area contributed by atoms with E-state index in [2.05, 4.69) is 18.4 Å². The van der Waals surface area contributed by atoms with Gasteiger partial charge in [0.15, 0.2) is 0 Å². The normalized spacial score (nSPS) is 11.2. The number of carboxylic acid groups (broad SMARTS) is 1. The summed E-state index contributed by atoms with van der Waals surface area (Å²) in [7, 11) is 0. The summed E-state index contributed by atoms with van der Waals surface area (Å²) in [6.45, 7) is 5.31. The number of aromatic nitrogens is 1. The molecule has 1 heterocycles. The molecular formula is C14H17NO2. The second kappa shape index (κ2) is 4.62. The molecule has 1 N–H and O–H groups in total. The third-order valence-corrected chi connectivity index (χ3v) is 2.81. The highest BCUT2D eigenvalue weighted by Gasteiger charge is 2.08. The number of benzene rings is 1. The summed E-state index contributed by atoms with van der Waals surface area (Å²) < 4.78 is 2.19. The number of carbonyl (C=O) groups is 1. The highest BCUT2D eigenvalue weighted by molar-refractivity contribution is 5.87. The third kappa shape index (κ3) is 2.49. The Bertz CT molecular complexity index is 540. The van der Waals surface area contributed by atoms with Gasteiger partial charge >= 0.3 is 5.97 Å². The lowest BCUT2D eigenvalue weighted by Gasteiger charge is -2.08. The number of hydrogen-bond donors (Lipinski definition) is 1. The van der Waals surface area contributed by atoms with Crippen LogP contribution in [0.15, 0.2) is 30.5 Å². The van der Waals surface area contributed by atoms with Gasteiger partial charge in [-0.25, -0.2) is 0 Å². The van der Waals surface area contributed by atoms with Crippen molar-refractivity contribution < 1.29 is 9.90 Å². The molecule has 3 nitrogen and oxygen atoms in total. The van der Waals surface area contributed by atoms with Crippen molar-refractivity contribution in [1.29, 1.82) is 0 Å². The zero-order valence-corrected chi connectivity index (χ0v) is 10.2. The fraction of sp³-hybridized carbons (Fsp3) is 0.357. The van der Waals surface area contributed by atoms with Crippen molar-refractivity contribution in [2.45, 2.75) is 26.8 Å². The standard InChI is InChI=1S/C14H17NO2/c1-10(2)9-15-7-6-12-11(8-14(16)17)4-3-5-13(12)15/h3-7,10H,8-9H2,1-2H3,(H,16,17). The van der Waals surface area contributed by atoms with Gasteiger partial charge in [-0.2, -0.15) is 0 Å². The van der Waals surface area contributed by atoms with Crippen LogP contribution in [0, 0.1) is 5.92 Å². The van der Waals surface area contributed by atoms with Crippen molar-refractivity contribution in [3.05, 3.63) is 36.0 Å². The van der Waals surface area contributed by atoms with Gasteiger partial charge in [-0.05, 0) is 23.6 Å². The van der Waals surface area contributed by atoms with Crippen molar-refractivity contribution >= 4 is 16.9 Å². The Morgan fingerprint density at radius 3 is 2.76 bits per heavy atom. The van der Waals surface area contributed by atoms with Gasteiger partial charge in [0.2, 0.25) is 0 Å². The van der Waals surface area contributed by atoms with E-state index >= 15 is 0 Å². The molecule has 0 saturated heterocycles. The van der Waals surface area contributed by atoms with Gasteiger partial charge in [0, 0.05) is 23.6 Å². The van der Waals surface area contributed by atoms with Crippen LogP contribution in [-0.2, 0) is 17.8 Å². The summed E-state index contributed by atoms with van der Waals surface area (Å²) in [6, 6.07) is 7.87. The fourth-order valence-electron chi connectivity index (χ4n) is 2.16. The minimum absolute atomic E-state index is 0.0863. The van der Waals surface area contributed by atoms with E-state index < -0.39 is 5.97 Å². The second-order valence-electron chi connectivity index (χ2n) is 4.78. The summed E-state index contributed by atoms with van der Waals surface area (Å²) >= 11 is 0. The largest absolute Gasteiger partial charge is 0.481 e. The molecule has 2 aromatic rings. The second-order valence-corrected chi connectivity index (χ2v) is 4.78. The molecule has 1 aromatic carbocycles. The van der Waals surface area contributed by atoms with Crippen LogP contribution in [0.3, 0.4) is 0 Å². The summed E-state index contributed by atoms with van der Waals surface area (Å²) in [5.41, 5.74) is 2.01. The molecule has 3 heteroatoms. The molecule has 2 rings (SSSR count). The van der Waals surface area contributed by atoms with E-state index in [1.54, 1.807) is 0 Å². The number of carboxylic acids is 1. The van der Waals surface area contributed by atoms with Crippen LogP contribution in [0.2, 0.25) is 0 Å². The summed E-state index contributed by atoms with van der Waals surface area (Å²) in [4.78, 5) is 10.8. The monoisotopic (exact) mass is 231 g/mol. The molecule has 0 bridgehead atoms. The van der Waals surface area contributed by atoms with Crippen LogP contribution in [0.5, 0.6) is 0 Å². The number of hydrogen-bond acceptors (Lipinski definition) is 1. The van der Waals surface area contributed by atoms with Crippen LogP contribution in [0.1, 0.15) is 19.4 Å². The minimum atomic E-state index is -0.783. The maximum atomic E-state index is 10.8. The molecule has 0 saturated carbocycles. The Labute approximate surface area is 101 Å². The molecule has 90 valence electrons. The maximum absolute atomic E-state index is 10.8. The highest BCUT2D eigenvalue weighted by Crippen LogP contribution is 2.21. The molecule has 17 heavy (non-hydrogen) atoms. The van der Waals surface area contributed by atoms with Gasteiger partial charge in [0.25, 0.3) is 0 Å². The predicted molar refractivity (Wildman–Crippen MR) is 68.1 cm³/mol. The number of aliphatic carboxylic acids is 1. The molecular weight excluding hydrogens is 214 g/mol. The van der Waals surface area contributed by atoms with Crippen LogP contribution in [0.4, 0.5) is 0 Å². The molecule has 0 aliphatic rings. The van der Waals surface area contributed by atoms with Crippen molar-refractivity contribution in [2.24, 2.45) is 5.92 Å². The van der Waals surface area contributed by atoms with Gasteiger partial charge in [-0.1, -0.05) is 26.0 Å². The van der Waals surface area contributed by atoms with Crippen LogP contribution in [-0.4, -0.2) is 15.6 Å². The molecule has 0 aliphatic heterocycles. The first-order valence-electron chi connectivity index (χ1n) is 5.86.